The Morgan fingerprint density at radius 2 is 1.63 bits per heavy atom. The normalized spacial score (nSPS) is 24.2. The van der Waals surface area contributed by atoms with E-state index in [0.29, 0.717) is 24.4 Å². The van der Waals surface area contributed by atoms with E-state index in [1.807, 2.05) is 0 Å². The van der Waals surface area contributed by atoms with Crippen molar-refractivity contribution < 1.29 is 35.9 Å². The van der Waals surface area contributed by atoms with Gasteiger partial charge < -0.3 is 14.5 Å². The predicted molar refractivity (Wildman–Crippen MR) is 94.0 cm³/mol. The van der Waals surface area contributed by atoms with Crippen LogP contribution in [0, 0.1) is 11.8 Å². The molecule has 2 bridgehead atoms. The van der Waals surface area contributed by atoms with E-state index in [0.717, 1.165) is 31.0 Å². The number of ether oxygens (including phenoxy) is 1. The van der Waals surface area contributed by atoms with Gasteiger partial charge in [0.2, 0.25) is 10.1 Å². The molecule has 6 nitrogen and oxygen atoms in total. The Morgan fingerprint density at radius 1 is 0.967 bits per heavy atom. The first-order valence-electron chi connectivity index (χ1n) is 8.96. The van der Waals surface area contributed by atoms with E-state index in [1.165, 1.54) is 0 Å². The Hall–Kier alpha value is -2.28. The lowest BCUT2D eigenvalue weighted by Crippen LogP contribution is -2.47. The topological polar surface area (TPSA) is 73.5 Å². The van der Waals surface area contributed by atoms with Crippen LogP contribution in [0.1, 0.15) is 23.4 Å². The average Bonchev–Trinajstić information content (AvgIpc) is 3.24. The second-order valence-electron chi connectivity index (χ2n) is 7.25. The zero-order chi connectivity index (χ0) is 21.7. The first-order valence-corrected chi connectivity index (χ1v) is 9.78. The number of rotatable bonds is 4. The van der Waals surface area contributed by atoms with Crippen molar-refractivity contribution >= 4 is 16.5 Å². The molecule has 2 heterocycles. The molecule has 2 N–H and O–H groups in total. The largest absolute Gasteiger partial charge is 0.486 e. The van der Waals surface area contributed by atoms with Gasteiger partial charge in [0, 0.05) is 24.9 Å². The minimum atomic E-state index is -4.55. The standard InChI is InChI=1S/C17H16F6N4O2S/c18-16(19,20)10-3-4-11(12(5-10)29-24)28-13-8-1-2-9(13)7-27(6-8)15-26-25-14(30-15)17(21,22)23/h3-5,8-9,13H,1-2,6-7,24H2/t8-,9+,13-. The molecule has 0 unspecified atom stereocenters. The summed E-state index contributed by atoms with van der Waals surface area (Å²) in [5.74, 6) is 4.92. The summed E-state index contributed by atoms with van der Waals surface area (Å²) in [6.07, 6.45) is -7.86. The molecule has 1 aliphatic carbocycles. The Morgan fingerprint density at radius 3 is 2.17 bits per heavy atom. The highest BCUT2D eigenvalue weighted by Crippen LogP contribution is 2.44. The van der Waals surface area contributed by atoms with E-state index in [9.17, 15) is 26.3 Å². The lowest BCUT2D eigenvalue weighted by atomic mass is 9.95. The van der Waals surface area contributed by atoms with Gasteiger partial charge in [0.25, 0.3) is 0 Å². The van der Waals surface area contributed by atoms with Crippen LogP contribution in [0.5, 0.6) is 11.5 Å². The van der Waals surface area contributed by atoms with Crippen LogP contribution < -0.4 is 20.4 Å². The van der Waals surface area contributed by atoms with E-state index >= 15 is 0 Å². The van der Waals surface area contributed by atoms with Crippen LogP contribution in [0.2, 0.25) is 0 Å². The summed E-state index contributed by atoms with van der Waals surface area (Å²) in [6, 6.07) is 2.82. The average molecular weight is 454 g/mol. The van der Waals surface area contributed by atoms with Crippen LogP contribution in [0.15, 0.2) is 18.2 Å². The number of halogens is 6. The van der Waals surface area contributed by atoms with Gasteiger partial charge in [-0.05, 0) is 31.0 Å². The van der Waals surface area contributed by atoms with Crippen molar-refractivity contribution in [2.24, 2.45) is 17.7 Å². The van der Waals surface area contributed by atoms with Crippen LogP contribution in [-0.2, 0) is 12.4 Å². The van der Waals surface area contributed by atoms with Crippen molar-refractivity contribution in [3.8, 4) is 11.5 Å². The highest BCUT2D eigenvalue weighted by atomic mass is 32.1. The maximum Gasteiger partial charge on any atom is 0.445 e. The van der Waals surface area contributed by atoms with E-state index in [4.69, 9.17) is 10.6 Å². The lowest BCUT2D eigenvalue weighted by Gasteiger charge is -2.37. The fraction of sp³-hybridized carbons (Fsp3) is 0.529. The first kappa shape index (κ1) is 21.0. The summed E-state index contributed by atoms with van der Waals surface area (Å²) in [7, 11) is 0. The third-order valence-electron chi connectivity index (χ3n) is 5.34. The van der Waals surface area contributed by atoms with E-state index in [1.54, 1.807) is 4.90 Å². The third-order valence-corrected chi connectivity index (χ3v) is 6.36. The summed E-state index contributed by atoms with van der Waals surface area (Å²) in [6.45, 7) is 0.820. The number of fused-ring (bicyclic) bond motifs is 2. The van der Waals surface area contributed by atoms with Crippen LogP contribution in [-0.4, -0.2) is 29.4 Å². The number of hydrogen-bond acceptors (Lipinski definition) is 7. The summed E-state index contributed by atoms with van der Waals surface area (Å²) in [5.41, 5.74) is -0.912. The van der Waals surface area contributed by atoms with Crippen LogP contribution >= 0.6 is 11.3 Å². The van der Waals surface area contributed by atoms with Crippen molar-refractivity contribution in [3.63, 3.8) is 0 Å². The molecule has 164 valence electrons. The zero-order valence-electron chi connectivity index (χ0n) is 15.2. The number of nitrogens with two attached hydrogens (primary N) is 1. The number of nitrogens with zero attached hydrogens (tertiary/aromatic N) is 3. The Kier molecular flexibility index (Phi) is 5.21. The van der Waals surface area contributed by atoms with Crippen molar-refractivity contribution in [2.75, 3.05) is 18.0 Å². The number of aromatic nitrogens is 2. The van der Waals surface area contributed by atoms with Crippen molar-refractivity contribution in [2.45, 2.75) is 31.3 Å². The molecule has 30 heavy (non-hydrogen) atoms. The van der Waals surface area contributed by atoms with Gasteiger partial charge in [-0.3, -0.25) is 0 Å². The van der Waals surface area contributed by atoms with E-state index < -0.39 is 22.9 Å². The van der Waals surface area contributed by atoms with Crippen molar-refractivity contribution in [3.05, 3.63) is 28.8 Å². The zero-order valence-corrected chi connectivity index (χ0v) is 16.0. The van der Waals surface area contributed by atoms with Gasteiger partial charge >= 0.3 is 12.4 Å². The Bertz CT molecular complexity index is 904. The number of piperidine rings is 1. The molecule has 4 rings (SSSR count). The highest BCUT2D eigenvalue weighted by Gasteiger charge is 2.45. The van der Waals surface area contributed by atoms with E-state index in [-0.39, 0.29) is 34.6 Å². The Labute approximate surface area is 170 Å². The van der Waals surface area contributed by atoms with Gasteiger partial charge in [-0.1, -0.05) is 11.3 Å². The van der Waals surface area contributed by atoms with Gasteiger partial charge in [0.15, 0.2) is 11.5 Å². The molecule has 1 saturated carbocycles. The van der Waals surface area contributed by atoms with E-state index in [2.05, 4.69) is 15.0 Å². The molecule has 0 amide bonds. The number of alkyl halides is 6. The monoisotopic (exact) mass is 454 g/mol. The molecule has 13 heteroatoms. The summed E-state index contributed by atoms with van der Waals surface area (Å²) >= 11 is 0.488. The predicted octanol–water partition coefficient (Wildman–Crippen LogP) is 4.12. The first-order chi connectivity index (χ1) is 14.1. The molecule has 3 atom stereocenters. The van der Waals surface area contributed by atoms with Crippen LogP contribution in [0.3, 0.4) is 0 Å². The maximum atomic E-state index is 12.9. The molecule has 1 saturated heterocycles. The molecular weight excluding hydrogens is 438 g/mol. The molecule has 1 aliphatic heterocycles. The number of anilines is 1. The molecule has 0 radical (unpaired) electrons. The SMILES string of the molecule is NOc1cc(C(F)(F)F)ccc1O[C@@H]1[C@@H]2CC[C@H]1CN(c1nnc(C(F)(F)F)s1)C2. The van der Waals surface area contributed by atoms with Gasteiger partial charge in [-0.15, -0.1) is 10.2 Å². The lowest BCUT2D eigenvalue weighted by molar-refractivity contribution is -0.138. The summed E-state index contributed by atoms with van der Waals surface area (Å²) in [4.78, 5) is 6.33. The highest BCUT2D eigenvalue weighted by molar-refractivity contribution is 7.15. The fourth-order valence-electron chi connectivity index (χ4n) is 4.00. The smallest absolute Gasteiger partial charge is 0.445 e. The quantitative estimate of drug-likeness (QED) is 0.554. The molecule has 2 aliphatic rings. The second-order valence-corrected chi connectivity index (χ2v) is 8.21. The van der Waals surface area contributed by atoms with Gasteiger partial charge in [0.1, 0.15) is 6.10 Å². The molecule has 1 aromatic heterocycles. The van der Waals surface area contributed by atoms with Crippen LogP contribution in [0.25, 0.3) is 0 Å². The second kappa shape index (κ2) is 7.45. The third kappa shape index (κ3) is 4.00. The van der Waals surface area contributed by atoms with Gasteiger partial charge in [-0.25, -0.2) is 0 Å². The number of benzene rings is 1. The molecule has 0 spiro atoms. The Balaban J connectivity index is 1.49. The summed E-state index contributed by atoms with van der Waals surface area (Å²) < 4.78 is 83.0. The van der Waals surface area contributed by atoms with Crippen molar-refractivity contribution in [1.82, 2.24) is 10.2 Å². The minimum Gasteiger partial charge on any atom is -0.486 e. The molecule has 1 aromatic carbocycles. The molecule has 2 fully saturated rings. The number of hydrogen-bond donors (Lipinski definition) is 1. The molecular formula is C17H16F6N4O2S. The van der Waals surface area contributed by atoms with Crippen LogP contribution in [0.4, 0.5) is 31.5 Å². The summed E-state index contributed by atoms with van der Waals surface area (Å²) in [5, 5.41) is 6.07. The van der Waals surface area contributed by atoms with Crippen molar-refractivity contribution in [1.29, 1.82) is 0 Å². The molecule has 2 aromatic rings. The van der Waals surface area contributed by atoms with Gasteiger partial charge in [0.05, 0.1) is 5.56 Å². The fourth-order valence-corrected chi connectivity index (χ4v) is 4.73. The maximum absolute atomic E-state index is 12.9. The minimum absolute atomic E-state index is 0.0325. The van der Waals surface area contributed by atoms with Gasteiger partial charge in [-0.2, -0.15) is 32.2 Å².